The minimum absolute atomic E-state index is 0.135. The van der Waals surface area contributed by atoms with Gasteiger partial charge in [0.15, 0.2) is 10.7 Å². The van der Waals surface area contributed by atoms with Gasteiger partial charge >= 0.3 is 5.97 Å². The molecule has 8 heteroatoms. The van der Waals surface area contributed by atoms with Crippen molar-refractivity contribution in [2.24, 2.45) is 0 Å². The first-order valence-electron chi connectivity index (χ1n) is 10.1. The quantitative estimate of drug-likeness (QED) is 0.403. The van der Waals surface area contributed by atoms with E-state index in [0.717, 1.165) is 30.7 Å². The molecule has 0 saturated carbocycles. The van der Waals surface area contributed by atoms with Crippen molar-refractivity contribution in [2.75, 3.05) is 0 Å². The van der Waals surface area contributed by atoms with Crippen molar-refractivity contribution in [1.82, 2.24) is 14.5 Å². The lowest BCUT2D eigenvalue weighted by Gasteiger charge is -2.11. The van der Waals surface area contributed by atoms with E-state index >= 15 is 0 Å². The molecule has 0 fully saturated rings. The number of nitrogens with zero attached hydrogens (tertiary/aromatic N) is 3. The maximum Gasteiger partial charge on any atom is 0.336 e. The van der Waals surface area contributed by atoms with Crippen molar-refractivity contribution in [3.63, 3.8) is 0 Å². The molecular weight excluding hydrogens is 418 g/mol. The van der Waals surface area contributed by atoms with Crippen molar-refractivity contribution in [3.05, 3.63) is 70.3 Å². The third-order valence-corrected chi connectivity index (χ3v) is 5.49. The van der Waals surface area contributed by atoms with Crippen LogP contribution in [0.3, 0.4) is 0 Å². The molecule has 0 aliphatic carbocycles. The standard InChI is InChI=1S/C23H22ClN3O4/c1-2-3-8-20-26-21(24)18(13-28)27(20)12-14-9-10-19-17(11-14)25-22(31-19)15-6-4-5-7-16(15)23(29)30/h4-7,9-11,28H,2-3,8,12-13H2,1H3,(H,29,30). The Morgan fingerprint density at radius 3 is 2.74 bits per heavy atom. The lowest BCUT2D eigenvalue weighted by Crippen LogP contribution is -2.09. The summed E-state index contributed by atoms with van der Waals surface area (Å²) in [6.45, 7) is 2.40. The van der Waals surface area contributed by atoms with Crippen LogP contribution in [0.2, 0.25) is 5.15 Å². The van der Waals surface area contributed by atoms with Crippen LogP contribution in [0.25, 0.3) is 22.6 Å². The van der Waals surface area contributed by atoms with Gasteiger partial charge in [0.25, 0.3) is 0 Å². The summed E-state index contributed by atoms with van der Waals surface area (Å²) in [5.74, 6) is 0.0643. The monoisotopic (exact) mass is 439 g/mol. The van der Waals surface area contributed by atoms with Gasteiger partial charge < -0.3 is 19.2 Å². The minimum Gasteiger partial charge on any atom is -0.478 e. The number of aliphatic hydroxyl groups is 1. The summed E-state index contributed by atoms with van der Waals surface area (Å²) in [4.78, 5) is 20.5. The van der Waals surface area contributed by atoms with Gasteiger partial charge in [-0.2, -0.15) is 0 Å². The van der Waals surface area contributed by atoms with Gasteiger partial charge in [-0.05, 0) is 36.2 Å². The fourth-order valence-corrected chi connectivity index (χ4v) is 3.85. The predicted octanol–water partition coefficient (Wildman–Crippen LogP) is 4.93. The van der Waals surface area contributed by atoms with Gasteiger partial charge in [-0.25, -0.2) is 14.8 Å². The third kappa shape index (κ3) is 4.19. The fraction of sp³-hybridized carbons (Fsp3) is 0.261. The number of aliphatic hydroxyl groups excluding tert-OH is 1. The number of aromatic carboxylic acids is 1. The van der Waals surface area contributed by atoms with Crippen LogP contribution >= 0.6 is 11.6 Å². The normalized spacial score (nSPS) is 11.3. The highest BCUT2D eigenvalue weighted by Crippen LogP contribution is 2.28. The van der Waals surface area contributed by atoms with E-state index in [0.29, 0.717) is 34.1 Å². The Morgan fingerprint density at radius 1 is 1.19 bits per heavy atom. The molecule has 2 N–H and O–H groups in total. The van der Waals surface area contributed by atoms with Crippen LogP contribution < -0.4 is 0 Å². The van der Waals surface area contributed by atoms with Gasteiger partial charge in [0.1, 0.15) is 11.3 Å². The molecule has 2 heterocycles. The summed E-state index contributed by atoms with van der Waals surface area (Å²) in [5.41, 5.74) is 3.29. The molecule has 0 spiro atoms. The molecule has 0 saturated heterocycles. The molecule has 0 aliphatic rings. The number of unbranched alkanes of at least 4 members (excludes halogenated alkanes) is 1. The number of carboxylic acids is 1. The number of hydrogen-bond acceptors (Lipinski definition) is 5. The molecule has 2 aromatic carbocycles. The maximum absolute atomic E-state index is 11.5. The molecule has 4 aromatic rings. The van der Waals surface area contributed by atoms with Gasteiger partial charge in [-0.15, -0.1) is 0 Å². The molecule has 0 radical (unpaired) electrons. The zero-order valence-corrected chi connectivity index (χ0v) is 17.8. The van der Waals surface area contributed by atoms with Gasteiger partial charge in [-0.1, -0.05) is 43.1 Å². The smallest absolute Gasteiger partial charge is 0.336 e. The second-order valence-electron chi connectivity index (χ2n) is 7.29. The first kappa shape index (κ1) is 21.1. The van der Waals surface area contributed by atoms with Crippen molar-refractivity contribution in [2.45, 2.75) is 39.3 Å². The lowest BCUT2D eigenvalue weighted by atomic mass is 10.1. The first-order chi connectivity index (χ1) is 15.0. The summed E-state index contributed by atoms with van der Waals surface area (Å²) in [7, 11) is 0. The molecule has 2 aromatic heterocycles. The van der Waals surface area contributed by atoms with E-state index in [2.05, 4.69) is 16.9 Å². The Morgan fingerprint density at radius 2 is 2.00 bits per heavy atom. The molecule has 7 nitrogen and oxygen atoms in total. The highest BCUT2D eigenvalue weighted by atomic mass is 35.5. The van der Waals surface area contributed by atoms with E-state index in [9.17, 15) is 15.0 Å². The molecule has 0 bridgehead atoms. The number of benzene rings is 2. The molecule has 4 rings (SSSR count). The van der Waals surface area contributed by atoms with Gasteiger partial charge in [0, 0.05) is 13.0 Å². The average molecular weight is 440 g/mol. The molecular formula is C23H22ClN3O4. The Labute approximate surface area is 183 Å². The minimum atomic E-state index is -1.04. The summed E-state index contributed by atoms with van der Waals surface area (Å²) in [6.07, 6.45) is 2.79. The van der Waals surface area contributed by atoms with Crippen LogP contribution in [0.5, 0.6) is 0 Å². The zero-order valence-electron chi connectivity index (χ0n) is 17.0. The zero-order chi connectivity index (χ0) is 22.0. The van der Waals surface area contributed by atoms with Crippen LogP contribution in [0.1, 0.15) is 47.2 Å². The number of aromatic nitrogens is 3. The average Bonchev–Trinajstić information content (AvgIpc) is 3.32. The number of halogens is 1. The SMILES string of the molecule is CCCCc1nc(Cl)c(CO)n1Cc1ccc2oc(-c3ccccc3C(=O)O)nc2c1. The number of hydrogen-bond donors (Lipinski definition) is 2. The summed E-state index contributed by atoms with van der Waals surface area (Å²) >= 11 is 6.23. The van der Waals surface area contributed by atoms with E-state index in [1.165, 1.54) is 6.07 Å². The van der Waals surface area contributed by atoms with Crippen LogP contribution in [0, 0.1) is 0 Å². The Bertz CT molecular complexity index is 1250. The van der Waals surface area contributed by atoms with E-state index in [4.69, 9.17) is 16.0 Å². The number of imidazole rings is 1. The number of carbonyl (C=O) groups is 1. The predicted molar refractivity (Wildman–Crippen MR) is 117 cm³/mol. The third-order valence-electron chi connectivity index (χ3n) is 5.19. The second kappa shape index (κ2) is 8.91. The Hall–Kier alpha value is -3.16. The lowest BCUT2D eigenvalue weighted by molar-refractivity contribution is 0.0697. The summed E-state index contributed by atoms with van der Waals surface area (Å²) in [6, 6.07) is 12.2. The van der Waals surface area contributed by atoms with Crippen LogP contribution in [0.4, 0.5) is 0 Å². The van der Waals surface area contributed by atoms with Gasteiger partial charge in [0.05, 0.1) is 23.4 Å². The molecule has 0 amide bonds. The molecule has 0 unspecified atom stereocenters. The highest BCUT2D eigenvalue weighted by Gasteiger charge is 2.18. The highest BCUT2D eigenvalue weighted by molar-refractivity contribution is 6.30. The van der Waals surface area contributed by atoms with Crippen molar-refractivity contribution < 1.29 is 19.4 Å². The number of oxazole rings is 1. The number of carboxylic acid groups (broad SMARTS) is 1. The second-order valence-corrected chi connectivity index (χ2v) is 7.64. The fourth-order valence-electron chi connectivity index (χ4n) is 3.59. The topological polar surface area (TPSA) is 101 Å². The van der Waals surface area contributed by atoms with E-state index in [-0.39, 0.29) is 18.1 Å². The van der Waals surface area contributed by atoms with Crippen molar-refractivity contribution in [3.8, 4) is 11.5 Å². The van der Waals surface area contributed by atoms with Gasteiger partial charge in [-0.3, -0.25) is 0 Å². The summed E-state index contributed by atoms with van der Waals surface area (Å²) in [5, 5.41) is 19.5. The van der Waals surface area contributed by atoms with Gasteiger partial charge in [0.2, 0.25) is 5.89 Å². The van der Waals surface area contributed by atoms with E-state index < -0.39 is 5.97 Å². The number of rotatable bonds is 8. The van der Waals surface area contributed by atoms with Crippen molar-refractivity contribution >= 4 is 28.7 Å². The number of fused-ring (bicyclic) bond motifs is 1. The number of aryl methyl sites for hydroxylation is 1. The maximum atomic E-state index is 11.5. The largest absolute Gasteiger partial charge is 0.478 e. The van der Waals surface area contributed by atoms with E-state index in [1.54, 1.807) is 18.2 Å². The van der Waals surface area contributed by atoms with Crippen molar-refractivity contribution in [1.29, 1.82) is 0 Å². The Balaban J connectivity index is 1.70. The Kier molecular flexibility index (Phi) is 6.06. The first-order valence-corrected chi connectivity index (χ1v) is 10.5. The molecule has 0 atom stereocenters. The molecule has 0 aliphatic heterocycles. The van der Waals surface area contributed by atoms with Crippen LogP contribution in [0.15, 0.2) is 46.9 Å². The van der Waals surface area contributed by atoms with Crippen LogP contribution in [-0.4, -0.2) is 30.7 Å². The van der Waals surface area contributed by atoms with Crippen LogP contribution in [-0.2, 0) is 19.6 Å². The molecule has 31 heavy (non-hydrogen) atoms. The summed E-state index contributed by atoms with van der Waals surface area (Å²) < 4.78 is 7.77. The van der Waals surface area contributed by atoms with E-state index in [1.807, 2.05) is 22.8 Å². The molecule has 160 valence electrons.